The molecule has 2 heterocycles. The van der Waals surface area contributed by atoms with Crippen LogP contribution in [0.5, 0.6) is 0 Å². The van der Waals surface area contributed by atoms with E-state index >= 15 is 0 Å². The lowest BCUT2D eigenvalue weighted by Gasteiger charge is -2.37. The zero-order valence-corrected chi connectivity index (χ0v) is 12.2. The summed E-state index contributed by atoms with van der Waals surface area (Å²) in [5.74, 6) is 0.0510. The van der Waals surface area contributed by atoms with E-state index in [0.29, 0.717) is 13.0 Å². The summed E-state index contributed by atoms with van der Waals surface area (Å²) in [6, 6.07) is 13.0. The van der Waals surface area contributed by atoms with Gasteiger partial charge in [-0.05, 0) is 24.9 Å². The smallest absolute Gasteiger partial charge is 0.224 e. The van der Waals surface area contributed by atoms with Gasteiger partial charge in [0.1, 0.15) is 0 Å². The second kappa shape index (κ2) is 6.28. The molecule has 2 saturated heterocycles. The van der Waals surface area contributed by atoms with Crippen LogP contribution in [-0.2, 0) is 11.3 Å². The predicted octanol–water partition coefficient (Wildman–Crippen LogP) is 2.02. The first-order valence-electron chi connectivity index (χ1n) is 7.71. The Morgan fingerprint density at radius 1 is 1.24 bits per heavy atom. The van der Waals surface area contributed by atoms with Crippen molar-refractivity contribution in [1.29, 1.82) is 5.26 Å². The molecule has 0 aliphatic carbocycles. The van der Waals surface area contributed by atoms with Crippen molar-refractivity contribution in [2.24, 2.45) is 5.92 Å². The van der Waals surface area contributed by atoms with Crippen molar-refractivity contribution in [3.63, 3.8) is 0 Å². The number of likely N-dealkylation sites (tertiary alicyclic amines) is 2. The van der Waals surface area contributed by atoms with Gasteiger partial charge in [0, 0.05) is 32.1 Å². The summed E-state index contributed by atoms with van der Waals surface area (Å²) in [6.07, 6.45) is 2.60. The Morgan fingerprint density at radius 2 is 2.05 bits per heavy atom. The van der Waals surface area contributed by atoms with Crippen LogP contribution in [0.2, 0.25) is 0 Å². The maximum atomic E-state index is 12.1. The molecule has 3 rings (SSSR count). The zero-order valence-electron chi connectivity index (χ0n) is 12.2. The van der Waals surface area contributed by atoms with Gasteiger partial charge in [0.25, 0.3) is 0 Å². The molecule has 0 saturated carbocycles. The van der Waals surface area contributed by atoms with Crippen LogP contribution in [0.3, 0.4) is 0 Å². The first kappa shape index (κ1) is 14.1. The fraction of sp³-hybridized carbons (Fsp3) is 0.529. The minimum atomic E-state index is -0.109. The summed E-state index contributed by atoms with van der Waals surface area (Å²) in [6.45, 7) is 3.59. The van der Waals surface area contributed by atoms with E-state index in [0.717, 1.165) is 32.5 Å². The van der Waals surface area contributed by atoms with E-state index in [1.807, 2.05) is 11.0 Å². The molecule has 1 amide bonds. The lowest BCUT2D eigenvalue weighted by atomic mass is 10.0. The fourth-order valence-corrected chi connectivity index (χ4v) is 3.44. The van der Waals surface area contributed by atoms with Gasteiger partial charge in [-0.15, -0.1) is 0 Å². The van der Waals surface area contributed by atoms with Crippen LogP contribution < -0.4 is 0 Å². The Balaban J connectivity index is 1.61. The van der Waals surface area contributed by atoms with E-state index in [4.69, 9.17) is 5.26 Å². The Hall–Kier alpha value is -1.86. The summed E-state index contributed by atoms with van der Waals surface area (Å²) in [5.41, 5.74) is 1.32. The summed E-state index contributed by atoms with van der Waals surface area (Å²) < 4.78 is 0. The Morgan fingerprint density at radius 3 is 2.76 bits per heavy atom. The molecular weight excluding hydrogens is 262 g/mol. The molecule has 2 aliphatic rings. The Labute approximate surface area is 126 Å². The topological polar surface area (TPSA) is 47.3 Å². The Kier molecular flexibility index (Phi) is 4.21. The third-order valence-corrected chi connectivity index (χ3v) is 4.51. The summed E-state index contributed by atoms with van der Waals surface area (Å²) in [4.78, 5) is 16.4. The van der Waals surface area contributed by atoms with E-state index in [9.17, 15) is 4.79 Å². The summed E-state index contributed by atoms with van der Waals surface area (Å²) >= 11 is 0. The van der Waals surface area contributed by atoms with Gasteiger partial charge >= 0.3 is 0 Å². The first-order valence-corrected chi connectivity index (χ1v) is 7.71. The fourth-order valence-electron chi connectivity index (χ4n) is 3.44. The molecule has 0 spiro atoms. The highest BCUT2D eigenvalue weighted by Gasteiger charge is 2.36. The minimum absolute atomic E-state index is 0.109. The quantitative estimate of drug-likeness (QED) is 0.852. The minimum Gasteiger partial charge on any atom is -0.337 e. The van der Waals surface area contributed by atoms with Crippen molar-refractivity contribution >= 4 is 5.91 Å². The maximum absolute atomic E-state index is 12.1. The number of hydrogen-bond acceptors (Lipinski definition) is 3. The standard InChI is InChI=1S/C17H21N3O/c18-10-15-9-17(21)20(12-15)16-7-4-8-19(13-16)11-14-5-2-1-3-6-14/h1-3,5-6,15-16H,4,7-9,11-13H2. The van der Waals surface area contributed by atoms with Gasteiger partial charge in [0.05, 0.1) is 12.0 Å². The number of nitriles is 1. The van der Waals surface area contributed by atoms with Gasteiger partial charge in [-0.3, -0.25) is 9.69 Å². The molecule has 2 fully saturated rings. The molecule has 0 bridgehead atoms. The van der Waals surface area contributed by atoms with Crippen molar-refractivity contribution in [2.45, 2.75) is 31.8 Å². The third-order valence-electron chi connectivity index (χ3n) is 4.51. The number of carbonyl (C=O) groups is 1. The summed E-state index contributed by atoms with van der Waals surface area (Å²) in [7, 11) is 0. The van der Waals surface area contributed by atoms with Crippen molar-refractivity contribution < 1.29 is 4.79 Å². The van der Waals surface area contributed by atoms with E-state index in [2.05, 4.69) is 35.2 Å². The highest BCUT2D eigenvalue weighted by Crippen LogP contribution is 2.25. The SMILES string of the molecule is N#CC1CC(=O)N(C2CCCN(Cc3ccccc3)C2)C1. The van der Waals surface area contributed by atoms with E-state index in [-0.39, 0.29) is 17.9 Å². The molecule has 0 aromatic heterocycles. The number of rotatable bonds is 3. The van der Waals surface area contributed by atoms with E-state index in [1.165, 1.54) is 5.56 Å². The molecule has 1 aromatic carbocycles. The second-order valence-electron chi connectivity index (χ2n) is 6.09. The zero-order chi connectivity index (χ0) is 14.7. The lowest BCUT2D eigenvalue weighted by molar-refractivity contribution is -0.130. The molecule has 2 atom stereocenters. The second-order valence-corrected chi connectivity index (χ2v) is 6.09. The van der Waals surface area contributed by atoms with Crippen LogP contribution in [0.25, 0.3) is 0 Å². The molecule has 2 aliphatic heterocycles. The van der Waals surface area contributed by atoms with Crippen LogP contribution in [-0.4, -0.2) is 41.4 Å². The van der Waals surface area contributed by atoms with Crippen LogP contribution in [0.15, 0.2) is 30.3 Å². The largest absolute Gasteiger partial charge is 0.337 e. The van der Waals surface area contributed by atoms with Crippen LogP contribution in [0.1, 0.15) is 24.8 Å². The first-order chi connectivity index (χ1) is 10.3. The van der Waals surface area contributed by atoms with Gasteiger partial charge in [0.15, 0.2) is 0 Å². The van der Waals surface area contributed by atoms with Gasteiger partial charge in [0.2, 0.25) is 5.91 Å². The van der Waals surface area contributed by atoms with Gasteiger partial charge < -0.3 is 4.90 Å². The average molecular weight is 283 g/mol. The van der Waals surface area contributed by atoms with Crippen molar-refractivity contribution in [2.75, 3.05) is 19.6 Å². The molecule has 2 unspecified atom stereocenters. The normalized spacial score (nSPS) is 26.8. The molecule has 110 valence electrons. The number of carbonyl (C=O) groups excluding carboxylic acids is 1. The van der Waals surface area contributed by atoms with E-state index in [1.54, 1.807) is 0 Å². The monoisotopic (exact) mass is 283 g/mol. The van der Waals surface area contributed by atoms with Crippen molar-refractivity contribution in [3.8, 4) is 6.07 Å². The predicted molar refractivity (Wildman–Crippen MR) is 80.2 cm³/mol. The highest BCUT2D eigenvalue weighted by atomic mass is 16.2. The number of benzene rings is 1. The molecule has 0 N–H and O–H groups in total. The summed E-state index contributed by atoms with van der Waals surface area (Å²) in [5, 5.41) is 9.01. The van der Waals surface area contributed by atoms with Gasteiger partial charge in [-0.25, -0.2) is 0 Å². The number of piperidine rings is 1. The lowest BCUT2D eigenvalue weighted by Crippen LogP contribution is -2.48. The highest BCUT2D eigenvalue weighted by molar-refractivity contribution is 5.79. The number of amides is 1. The van der Waals surface area contributed by atoms with Gasteiger partial charge in [-0.2, -0.15) is 5.26 Å². The van der Waals surface area contributed by atoms with Crippen LogP contribution >= 0.6 is 0 Å². The molecule has 4 nitrogen and oxygen atoms in total. The number of hydrogen-bond donors (Lipinski definition) is 0. The number of nitrogens with zero attached hydrogens (tertiary/aromatic N) is 3. The molecule has 21 heavy (non-hydrogen) atoms. The van der Waals surface area contributed by atoms with Crippen LogP contribution in [0.4, 0.5) is 0 Å². The average Bonchev–Trinajstić information content (AvgIpc) is 2.90. The third kappa shape index (κ3) is 3.25. The van der Waals surface area contributed by atoms with Crippen molar-refractivity contribution in [1.82, 2.24) is 9.80 Å². The molecule has 4 heteroatoms. The van der Waals surface area contributed by atoms with E-state index < -0.39 is 0 Å². The van der Waals surface area contributed by atoms with Crippen molar-refractivity contribution in [3.05, 3.63) is 35.9 Å². The van der Waals surface area contributed by atoms with Crippen LogP contribution in [0, 0.1) is 17.2 Å². The molecule has 0 radical (unpaired) electrons. The van der Waals surface area contributed by atoms with Gasteiger partial charge in [-0.1, -0.05) is 30.3 Å². The maximum Gasteiger partial charge on any atom is 0.224 e. The Bertz CT molecular complexity index is 537. The molecular formula is C17H21N3O. The molecule has 1 aromatic rings.